The number of anilines is 2. The molecule has 0 bridgehead atoms. The molecule has 1 amide bonds. The second-order valence-corrected chi connectivity index (χ2v) is 11.6. The summed E-state index contributed by atoms with van der Waals surface area (Å²) in [5.41, 5.74) is 10.6. The van der Waals surface area contributed by atoms with Gasteiger partial charge >= 0.3 is 11.9 Å². The normalized spacial score (nSPS) is 11.8. The van der Waals surface area contributed by atoms with E-state index in [4.69, 9.17) is 10.8 Å². The first-order valence-electron chi connectivity index (χ1n) is 13.5. The Labute approximate surface area is 262 Å². The number of carboxylic acids is 1. The van der Waals surface area contributed by atoms with Crippen LogP contribution in [0.1, 0.15) is 11.1 Å². The number of nitrogen functional groups attached to an aromatic ring is 1. The molecule has 0 fully saturated rings. The zero-order valence-corrected chi connectivity index (χ0v) is 25.1. The minimum Gasteiger partial charge on any atom is -0.505 e. The summed E-state index contributed by atoms with van der Waals surface area (Å²) >= 11 is 0. The molecule has 0 heterocycles. The smallest absolute Gasteiger partial charge is 0.394 e. The number of azo groups is 2. The summed E-state index contributed by atoms with van der Waals surface area (Å²) in [5.74, 6) is -3.16. The summed E-state index contributed by atoms with van der Waals surface area (Å²) in [4.78, 5) is 22.2. The lowest BCUT2D eigenvalue weighted by Gasteiger charge is -2.09. The first-order valence-corrected chi connectivity index (χ1v) is 15.0. The van der Waals surface area contributed by atoms with Crippen LogP contribution in [-0.2, 0) is 19.7 Å². The van der Waals surface area contributed by atoms with Crippen molar-refractivity contribution in [2.45, 2.75) is 18.7 Å². The van der Waals surface area contributed by atoms with E-state index in [2.05, 4.69) is 25.8 Å². The number of hydrogen-bond acceptors (Lipinski definition) is 10. The first kappa shape index (κ1) is 31.4. The predicted molar refractivity (Wildman–Crippen MR) is 172 cm³/mol. The Morgan fingerprint density at radius 1 is 0.717 bits per heavy atom. The molecule has 0 saturated heterocycles. The van der Waals surface area contributed by atoms with Crippen molar-refractivity contribution in [2.24, 2.45) is 20.5 Å². The molecule has 6 N–H and O–H groups in total. The summed E-state index contributed by atoms with van der Waals surface area (Å²) in [7, 11) is -4.60. The lowest BCUT2D eigenvalue weighted by atomic mass is 10.0. The maximum atomic E-state index is 12.0. The van der Waals surface area contributed by atoms with E-state index < -0.39 is 22.0 Å². The number of nitrogens with two attached hydrogens (primary N) is 1. The Bertz CT molecular complexity index is 2220. The van der Waals surface area contributed by atoms with Crippen molar-refractivity contribution >= 4 is 66.9 Å². The molecule has 0 aliphatic carbocycles. The van der Waals surface area contributed by atoms with E-state index in [0.29, 0.717) is 17.1 Å². The highest BCUT2D eigenvalue weighted by atomic mass is 32.2. The summed E-state index contributed by atoms with van der Waals surface area (Å²) in [5, 5.41) is 39.0. The van der Waals surface area contributed by atoms with Gasteiger partial charge in [-0.15, -0.1) is 10.2 Å². The predicted octanol–water partition coefficient (Wildman–Crippen LogP) is 7.51. The molecule has 5 rings (SSSR count). The van der Waals surface area contributed by atoms with Gasteiger partial charge in [0.25, 0.3) is 10.1 Å². The number of carbonyl (C=O) groups is 2. The third-order valence-electron chi connectivity index (χ3n) is 6.96. The Hall–Kier alpha value is -5.99. The highest BCUT2D eigenvalue weighted by Crippen LogP contribution is 2.40. The van der Waals surface area contributed by atoms with Gasteiger partial charge in [0.05, 0.1) is 17.1 Å². The van der Waals surface area contributed by atoms with Gasteiger partial charge in [-0.3, -0.25) is 9.35 Å². The molecule has 13 nitrogen and oxygen atoms in total. The Kier molecular flexibility index (Phi) is 8.58. The number of nitrogens with zero attached hydrogens (tertiary/aromatic N) is 4. The average Bonchev–Trinajstić information content (AvgIpc) is 3.00. The number of amides is 1. The maximum Gasteiger partial charge on any atom is 0.394 e. The van der Waals surface area contributed by atoms with Crippen LogP contribution in [-0.4, -0.2) is 35.1 Å². The van der Waals surface area contributed by atoms with Gasteiger partial charge in [-0.2, -0.15) is 18.6 Å². The van der Waals surface area contributed by atoms with Gasteiger partial charge in [0.2, 0.25) is 0 Å². The Balaban J connectivity index is 1.39. The second kappa shape index (κ2) is 12.6. The fourth-order valence-electron chi connectivity index (χ4n) is 4.63. The van der Waals surface area contributed by atoms with E-state index in [1.165, 1.54) is 24.3 Å². The molecule has 5 aromatic rings. The van der Waals surface area contributed by atoms with Crippen LogP contribution in [0, 0.1) is 13.8 Å². The van der Waals surface area contributed by atoms with Gasteiger partial charge in [0.15, 0.2) is 5.75 Å². The molecule has 46 heavy (non-hydrogen) atoms. The minimum absolute atomic E-state index is 0.104. The van der Waals surface area contributed by atoms with Crippen LogP contribution in [0.25, 0.3) is 21.9 Å². The molecular formula is C32H26N6O7S. The molecule has 0 aliphatic rings. The molecule has 0 radical (unpaired) electrons. The largest absolute Gasteiger partial charge is 0.505 e. The summed E-state index contributed by atoms with van der Waals surface area (Å²) < 4.78 is 33.7. The Morgan fingerprint density at radius 3 is 1.78 bits per heavy atom. The summed E-state index contributed by atoms with van der Waals surface area (Å²) in [6.45, 7) is 3.67. The van der Waals surface area contributed by atoms with E-state index in [9.17, 15) is 27.7 Å². The zero-order valence-electron chi connectivity index (χ0n) is 24.3. The molecule has 0 aliphatic heterocycles. The van der Waals surface area contributed by atoms with Crippen molar-refractivity contribution in [1.29, 1.82) is 0 Å². The number of fused-ring (bicyclic) bond motifs is 1. The monoisotopic (exact) mass is 638 g/mol. The van der Waals surface area contributed by atoms with Crippen LogP contribution < -0.4 is 11.1 Å². The van der Waals surface area contributed by atoms with E-state index in [-0.39, 0.29) is 38.5 Å². The first-order chi connectivity index (χ1) is 21.8. The number of hydrogen-bond donors (Lipinski definition) is 5. The quantitative estimate of drug-likeness (QED) is 0.0518. The minimum atomic E-state index is -4.60. The van der Waals surface area contributed by atoms with Gasteiger partial charge in [-0.05, 0) is 84.6 Å². The highest BCUT2D eigenvalue weighted by molar-refractivity contribution is 7.86. The fourth-order valence-corrected chi connectivity index (χ4v) is 5.35. The van der Waals surface area contributed by atoms with Crippen molar-refractivity contribution in [3.63, 3.8) is 0 Å². The zero-order chi connectivity index (χ0) is 33.2. The fraction of sp³-hybridized carbons (Fsp3) is 0.0625. The number of aliphatic carboxylic acids is 1. The molecule has 0 aromatic heterocycles. The van der Waals surface area contributed by atoms with Gasteiger partial charge in [-0.1, -0.05) is 36.4 Å². The van der Waals surface area contributed by atoms with Crippen LogP contribution in [0.4, 0.5) is 34.1 Å². The molecule has 0 unspecified atom stereocenters. The summed E-state index contributed by atoms with van der Waals surface area (Å²) in [6, 6.07) is 22.7. The molecule has 0 spiro atoms. The van der Waals surface area contributed by atoms with Crippen molar-refractivity contribution < 1.29 is 32.8 Å². The van der Waals surface area contributed by atoms with Crippen molar-refractivity contribution in [3.05, 3.63) is 96.1 Å². The SMILES string of the molecule is Cc1cc(-c2ccc(N=Nc3cc(S(=O)(=O)O)c4ccccc4c3O)c(C)c2)ccc1N=Nc1ccc(N)cc1NC(=O)C(=O)O. The Morgan fingerprint density at radius 2 is 1.24 bits per heavy atom. The third kappa shape index (κ3) is 6.72. The van der Waals surface area contributed by atoms with E-state index in [1.807, 2.05) is 38.1 Å². The second-order valence-electron chi connectivity index (χ2n) is 10.2. The van der Waals surface area contributed by atoms with Gasteiger partial charge in [0.1, 0.15) is 16.3 Å². The van der Waals surface area contributed by atoms with E-state index in [0.717, 1.165) is 28.3 Å². The number of phenols is 1. The molecule has 5 aromatic carbocycles. The van der Waals surface area contributed by atoms with Crippen LogP contribution in [0.15, 0.2) is 110 Å². The highest BCUT2D eigenvalue weighted by Gasteiger charge is 2.19. The lowest BCUT2D eigenvalue weighted by molar-refractivity contribution is -0.147. The van der Waals surface area contributed by atoms with Gasteiger partial charge in [-0.25, -0.2) is 4.79 Å². The van der Waals surface area contributed by atoms with E-state index >= 15 is 0 Å². The van der Waals surface area contributed by atoms with Crippen molar-refractivity contribution in [3.8, 4) is 16.9 Å². The van der Waals surface area contributed by atoms with Gasteiger partial charge in [0, 0.05) is 16.5 Å². The van der Waals surface area contributed by atoms with Crippen LogP contribution in [0.5, 0.6) is 5.75 Å². The number of carbonyl (C=O) groups excluding carboxylic acids is 1. The maximum absolute atomic E-state index is 12.0. The number of nitrogens with one attached hydrogen (secondary N) is 1. The lowest BCUT2D eigenvalue weighted by Crippen LogP contribution is -2.21. The van der Waals surface area contributed by atoms with Gasteiger partial charge < -0.3 is 21.3 Å². The topological polar surface area (TPSA) is 216 Å². The van der Waals surface area contributed by atoms with Crippen molar-refractivity contribution in [2.75, 3.05) is 11.1 Å². The van der Waals surface area contributed by atoms with Crippen molar-refractivity contribution in [1.82, 2.24) is 0 Å². The number of carboxylic acid groups (broad SMARTS) is 1. The molecular weight excluding hydrogens is 612 g/mol. The van der Waals surface area contributed by atoms with Crippen LogP contribution in [0.3, 0.4) is 0 Å². The molecule has 0 saturated carbocycles. The van der Waals surface area contributed by atoms with Crippen LogP contribution >= 0.6 is 0 Å². The van der Waals surface area contributed by atoms with Crippen LogP contribution in [0.2, 0.25) is 0 Å². The number of aromatic hydroxyl groups is 1. The number of phenolic OH excluding ortho intramolecular Hbond substituents is 1. The number of benzene rings is 5. The standard InChI is InChI=1S/C32H26N6O7S/c1-17-13-19(7-10-24(17)35-37-26-12-9-21(33)15-27(26)34-31(40)32(41)42)20-8-11-25(18(2)14-20)36-38-28-16-29(46(43,44)45)22-5-3-4-6-23(22)30(28)39/h3-16,39H,33H2,1-2H3,(H,34,40)(H,41,42)(H,43,44,45). The molecule has 14 heteroatoms. The number of aryl methyl sites for hydroxylation is 2. The number of rotatable bonds is 7. The average molecular weight is 639 g/mol. The summed E-state index contributed by atoms with van der Waals surface area (Å²) in [6.07, 6.45) is 0. The van der Waals surface area contributed by atoms with E-state index in [1.54, 1.807) is 30.3 Å². The molecule has 0 atom stereocenters. The molecule has 232 valence electrons. The third-order valence-corrected chi connectivity index (χ3v) is 7.85.